The second-order valence-corrected chi connectivity index (χ2v) is 7.22. The molecule has 1 fully saturated rings. The lowest BCUT2D eigenvalue weighted by molar-refractivity contribution is -0.385. The van der Waals surface area contributed by atoms with E-state index in [-0.39, 0.29) is 36.3 Å². The minimum atomic E-state index is -0.479. The van der Waals surface area contributed by atoms with E-state index in [1.54, 1.807) is 30.0 Å². The van der Waals surface area contributed by atoms with Gasteiger partial charge in [-0.1, -0.05) is 18.2 Å². The average molecular weight is 414 g/mol. The van der Waals surface area contributed by atoms with E-state index in [2.05, 4.69) is 5.32 Å². The number of nitro groups is 1. The third kappa shape index (κ3) is 5.38. The molecular formula is C21H23FN4O4. The molecule has 8 nitrogen and oxygen atoms in total. The highest BCUT2D eigenvalue weighted by Gasteiger charge is 2.23. The summed E-state index contributed by atoms with van der Waals surface area (Å²) in [5.41, 5.74) is 1.55. The summed E-state index contributed by atoms with van der Waals surface area (Å²) in [4.78, 5) is 39.0. The molecule has 158 valence electrons. The summed E-state index contributed by atoms with van der Waals surface area (Å²) >= 11 is 0. The molecule has 0 saturated carbocycles. The largest absolute Gasteiger partial charge is 0.340 e. The molecule has 2 aromatic carbocycles. The van der Waals surface area contributed by atoms with Crippen LogP contribution in [0.15, 0.2) is 42.5 Å². The monoisotopic (exact) mass is 414 g/mol. The number of hydrogen-bond acceptors (Lipinski definition) is 5. The van der Waals surface area contributed by atoms with Gasteiger partial charge in [-0.3, -0.25) is 24.6 Å². The zero-order valence-corrected chi connectivity index (χ0v) is 16.6. The van der Waals surface area contributed by atoms with Gasteiger partial charge in [0.25, 0.3) is 5.69 Å². The van der Waals surface area contributed by atoms with Gasteiger partial charge in [-0.2, -0.15) is 0 Å². The molecule has 1 saturated heterocycles. The number of halogens is 1. The highest BCUT2D eigenvalue weighted by atomic mass is 19.1. The van der Waals surface area contributed by atoms with Crippen LogP contribution in [0.2, 0.25) is 0 Å². The summed E-state index contributed by atoms with van der Waals surface area (Å²) in [6.45, 7) is 3.85. The third-order valence-corrected chi connectivity index (χ3v) is 5.14. The first-order valence-electron chi connectivity index (χ1n) is 9.62. The Morgan fingerprint density at radius 1 is 1.10 bits per heavy atom. The van der Waals surface area contributed by atoms with Gasteiger partial charge in [0.2, 0.25) is 11.8 Å². The third-order valence-electron chi connectivity index (χ3n) is 5.14. The topological polar surface area (TPSA) is 95.8 Å². The van der Waals surface area contributed by atoms with Crippen molar-refractivity contribution in [2.24, 2.45) is 0 Å². The minimum Gasteiger partial charge on any atom is -0.340 e. The molecule has 1 N–H and O–H groups in total. The van der Waals surface area contributed by atoms with Crippen LogP contribution in [0.5, 0.6) is 0 Å². The van der Waals surface area contributed by atoms with E-state index in [4.69, 9.17) is 0 Å². The van der Waals surface area contributed by atoms with Crippen molar-refractivity contribution in [3.05, 3.63) is 69.5 Å². The van der Waals surface area contributed by atoms with Crippen molar-refractivity contribution in [1.82, 2.24) is 9.80 Å². The van der Waals surface area contributed by atoms with Gasteiger partial charge in [0.1, 0.15) is 5.82 Å². The van der Waals surface area contributed by atoms with Gasteiger partial charge in [-0.05, 0) is 30.7 Å². The van der Waals surface area contributed by atoms with E-state index in [1.807, 2.05) is 4.90 Å². The number of carbonyl (C=O) groups is 2. The average Bonchev–Trinajstić information content (AvgIpc) is 2.71. The van der Waals surface area contributed by atoms with E-state index in [9.17, 15) is 24.1 Å². The minimum absolute atomic E-state index is 0.0297. The van der Waals surface area contributed by atoms with E-state index < -0.39 is 4.92 Å². The molecule has 30 heavy (non-hydrogen) atoms. The van der Waals surface area contributed by atoms with E-state index in [0.29, 0.717) is 37.4 Å². The lowest BCUT2D eigenvalue weighted by Gasteiger charge is -2.34. The molecule has 2 aromatic rings. The SMILES string of the molecule is Cc1c(NC(=O)CN2CCN(C(=O)Cc3ccc(F)cc3)CC2)cccc1[N+](=O)[O-]. The van der Waals surface area contributed by atoms with Crippen LogP contribution in [0, 0.1) is 22.9 Å². The van der Waals surface area contributed by atoms with Crippen LogP contribution in [0.4, 0.5) is 15.8 Å². The fraction of sp³-hybridized carbons (Fsp3) is 0.333. The van der Waals surface area contributed by atoms with Crippen molar-refractivity contribution < 1.29 is 18.9 Å². The zero-order chi connectivity index (χ0) is 21.7. The lowest BCUT2D eigenvalue weighted by atomic mass is 10.1. The fourth-order valence-corrected chi connectivity index (χ4v) is 3.39. The molecule has 1 aliphatic heterocycles. The molecule has 0 aliphatic carbocycles. The Bertz CT molecular complexity index is 941. The molecule has 1 aliphatic rings. The molecule has 3 rings (SSSR count). The summed E-state index contributed by atoms with van der Waals surface area (Å²) in [7, 11) is 0. The quantitative estimate of drug-likeness (QED) is 0.578. The normalized spacial score (nSPS) is 14.4. The van der Waals surface area contributed by atoms with Crippen LogP contribution in [0.25, 0.3) is 0 Å². The van der Waals surface area contributed by atoms with Crippen LogP contribution >= 0.6 is 0 Å². The standard InChI is InChI=1S/C21H23FN4O4/c1-15-18(3-2-4-19(15)26(29)30)23-20(27)14-24-9-11-25(12-10-24)21(28)13-16-5-7-17(22)8-6-16/h2-8H,9-14H2,1H3,(H,23,27). The summed E-state index contributed by atoms with van der Waals surface area (Å²) in [6.07, 6.45) is 0.215. The zero-order valence-electron chi connectivity index (χ0n) is 16.6. The van der Waals surface area contributed by atoms with Crippen molar-refractivity contribution in [1.29, 1.82) is 0 Å². The second-order valence-electron chi connectivity index (χ2n) is 7.22. The van der Waals surface area contributed by atoms with Crippen LogP contribution in [-0.2, 0) is 16.0 Å². The van der Waals surface area contributed by atoms with E-state index in [1.165, 1.54) is 24.3 Å². The Kier molecular flexibility index (Phi) is 6.73. The van der Waals surface area contributed by atoms with E-state index in [0.717, 1.165) is 5.56 Å². The van der Waals surface area contributed by atoms with Crippen LogP contribution in [0.1, 0.15) is 11.1 Å². The van der Waals surface area contributed by atoms with Crippen molar-refractivity contribution in [3.63, 3.8) is 0 Å². The van der Waals surface area contributed by atoms with Crippen molar-refractivity contribution in [2.45, 2.75) is 13.3 Å². The summed E-state index contributed by atoms with van der Waals surface area (Å²) < 4.78 is 13.0. The van der Waals surface area contributed by atoms with Gasteiger partial charge >= 0.3 is 0 Å². The number of nitrogens with one attached hydrogen (secondary N) is 1. The number of nitro benzene ring substituents is 1. The van der Waals surface area contributed by atoms with Crippen LogP contribution < -0.4 is 5.32 Å². The Morgan fingerprint density at radius 3 is 2.40 bits per heavy atom. The van der Waals surface area contributed by atoms with Crippen LogP contribution in [-0.4, -0.2) is 59.3 Å². The maximum Gasteiger partial charge on any atom is 0.274 e. The van der Waals surface area contributed by atoms with Gasteiger partial charge in [0.05, 0.1) is 29.1 Å². The molecular weight excluding hydrogens is 391 g/mol. The molecule has 1 heterocycles. The number of piperazine rings is 1. The predicted octanol–water partition coefficient (Wildman–Crippen LogP) is 2.37. The van der Waals surface area contributed by atoms with Gasteiger partial charge < -0.3 is 10.2 Å². The maximum atomic E-state index is 13.0. The number of benzene rings is 2. The Morgan fingerprint density at radius 2 is 1.77 bits per heavy atom. The van der Waals surface area contributed by atoms with Crippen molar-refractivity contribution in [3.8, 4) is 0 Å². The predicted molar refractivity (Wildman–Crippen MR) is 110 cm³/mol. The van der Waals surface area contributed by atoms with Gasteiger partial charge in [-0.25, -0.2) is 4.39 Å². The molecule has 0 spiro atoms. The van der Waals surface area contributed by atoms with Crippen LogP contribution in [0.3, 0.4) is 0 Å². The van der Waals surface area contributed by atoms with Crippen molar-refractivity contribution >= 4 is 23.2 Å². The summed E-state index contributed by atoms with van der Waals surface area (Å²) in [5.74, 6) is -0.624. The smallest absolute Gasteiger partial charge is 0.274 e. The summed E-state index contributed by atoms with van der Waals surface area (Å²) in [5, 5.41) is 13.8. The second kappa shape index (κ2) is 9.45. The molecule has 9 heteroatoms. The Hall–Kier alpha value is -3.33. The molecule has 0 unspecified atom stereocenters. The number of carbonyl (C=O) groups excluding carboxylic acids is 2. The van der Waals surface area contributed by atoms with Crippen molar-refractivity contribution in [2.75, 3.05) is 38.0 Å². The number of hydrogen-bond donors (Lipinski definition) is 1. The van der Waals surface area contributed by atoms with E-state index >= 15 is 0 Å². The Balaban J connectivity index is 1.48. The first-order chi connectivity index (χ1) is 14.3. The van der Waals surface area contributed by atoms with Gasteiger partial charge in [0, 0.05) is 32.2 Å². The summed E-state index contributed by atoms with van der Waals surface area (Å²) in [6, 6.07) is 10.4. The van der Waals surface area contributed by atoms with Gasteiger partial charge in [-0.15, -0.1) is 0 Å². The number of anilines is 1. The molecule has 0 radical (unpaired) electrons. The molecule has 0 bridgehead atoms. The molecule has 0 atom stereocenters. The molecule has 0 aromatic heterocycles. The fourth-order valence-electron chi connectivity index (χ4n) is 3.39. The first kappa shape index (κ1) is 21.4. The number of nitrogens with zero attached hydrogens (tertiary/aromatic N) is 3. The molecule has 2 amide bonds. The number of rotatable bonds is 6. The lowest BCUT2D eigenvalue weighted by Crippen LogP contribution is -2.50. The first-order valence-corrected chi connectivity index (χ1v) is 9.62. The van der Waals surface area contributed by atoms with Gasteiger partial charge in [0.15, 0.2) is 0 Å². The number of amides is 2. The Labute approximate surface area is 173 Å². The highest BCUT2D eigenvalue weighted by molar-refractivity contribution is 5.93. The highest BCUT2D eigenvalue weighted by Crippen LogP contribution is 2.25. The maximum absolute atomic E-state index is 13.0.